The van der Waals surface area contributed by atoms with Gasteiger partial charge in [-0.05, 0) is 38.0 Å². The summed E-state index contributed by atoms with van der Waals surface area (Å²) >= 11 is 0. The number of aryl methyl sites for hydroxylation is 1. The third-order valence-corrected chi connectivity index (χ3v) is 7.50. The van der Waals surface area contributed by atoms with E-state index < -0.39 is 15.6 Å². The molecule has 0 radical (unpaired) electrons. The van der Waals surface area contributed by atoms with Gasteiger partial charge in [-0.3, -0.25) is 19.3 Å². The van der Waals surface area contributed by atoms with Crippen LogP contribution in [0.4, 0.5) is 5.69 Å². The van der Waals surface area contributed by atoms with E-state index in [4.69, 9.17) is 6.42 Å². The Balaban J connectivity index is 1.57. The molecule has 1 amide bonds. The number of hydrogen-bond acceptors (Lipinski definition) is 6. The number of guanidine groups is 1. The first-order valence-electron chi connectivity index (χ1n) is 9.98. The second-order valence-corrected chi connectivity index (χ2v) is 10.1. The van der Waals surface area contributed by atoms with Crippen molar-refractivity contribution in [1.82, 2.24) is 19.4 Å². The van der Waals surface area contributed by atoms with Crippen LogP contribution in [0.5, 0.6) is 0 Å². The van der Waals surface area contributed by atoms with E-state index in [-0.39, 0.29) is 29.0 Å². The molecule has 3 aliphatic rings. The van der Waals surface area contributed by atoms with Crippen LogP contribution in [0.2, 0.25) is 0 Å². The maximum Gasteiger partial charge on any atom is 0.263 e. The van der Waals surface area contributed by atoms with Gasteiger partial charge >= 0.3 is 0 Å². The Bertz CT molecular complexity index is 1270. The van der Waals surface area contributed by atoms with E-state index in [0.29, 0.717) is 18.2 Å². The summed E-state index contributed by atoms with van der Waals surface area (Å²) in [6, 6.07) is 4.25. The first-order valence-corrected chi connectivity index (χ1v) is 11.5. The summed E-state index contributed by atoms with van der Waals surface area (Å²) in [5.74, 6) is 2.88. The molecule has 0 saturated heterocycles. The maximum absolute atomic E-state index is 13.5. The van der Waals surface area contributed by atoms with Crippen LogP contribution in [0.3, 0.4) is 0 Å². The van der Waals surface area contributed by atoms with Crippen molar-refractivity contribution in [3.05, 3.63) is 41.7 Å². The number of aliphatic imine (C=N–C) groups is 1. The molecule has 1 saturated carbocycles. The Morgan fingerprint density at radius 3 is 2.77 bits per heavy atom. The molecule has 1 N–H and O–H groups in total. The number of hydrogen-bond donors (Lipinski definition) is 1. The van der Waals surface area contributed by atoms with Crippen LogP contribution in [0.15, 0.2) is 40.5 Å². The molecule has 0 bridgehead atoms. The summed E-state index contributed by atoms with van der Waals surface area (Å²) in [5.41, 5.74) is 1.28. The quantitative estimate of drug-likeness (QED) is 0.705. The molecule has 1 atom stereocenters. The van der Waals surface area contributed by atoms with Crippen LogP contribution in [0.25, 0.3) is 0 Å². The average molecular weight is 439 g/mol. The molecule has 1 aromatic heterocycles. The van der Waals surface area contributed by atoms with E-state index in [1.165, 1.54) is 17.0 Å². The molecule has 2 aliphatic heterocycles. The van der Waals surface area contributed by atoms with Gasteiger partial charge in [-0.15, -0.1) is 6.42 Å². The van der Waals surface area contributed by atoms with Crippen LogP contribution in [-0.2, 0) is 23.6 Å². The standard InChI is InChI=1S/C21H22N6O3S/c1-4-15-11-22-20-26(13-14-10-23-25(3)12-14)19(28)17-9-16(5-6-18(17)27(15)20)31(29,30)24-21(2)7-8-21/h1,5-6,9-10,12,15,24H,7-8,11,13H2,2-3H3. The first-order chi connectivity index (χ1) is 14.7. The number of amides is 1. The number of nitrogens with one attached hydrogen (secondary N) is 1. The van der Waals surface area contributed by atoms with Gasteiger partial charge in [0.25, 0.3) is 5.91 Å². The molecule has 1 aliphatic carbocycles. The topological polar surface area (TPSA) is 99.9 Å². The van der Waals surface area contributed by atoms with Gasteiger partial charge in [-0.2, -0.15) is 5.10 Å². The second-order valence-electron chi connectivity index (χ2n) is 8.45. The molecule has 10 heteroatoms. The summed E-state index contributed by atoms with van der Waals surface area (Å²) < 4.78 is 30.2. The summed E-state index contributed by atoms with van der Waals surface area (Å²) in [6.07, 6.45) is 10.8. The van der Waals surface area contributed by atoms with Crippen LogP contribution in [0, 0.1) is 12.3 Å². The molecule has 3 heterocycles. The average Bonchev–Trinajstić information content (AvgIpc) is 3.12. The summed E-state index contributed by atoms with van der Waals surface area (Å²) in [6.45, 7) is 2.49. The Morgan fingerprint density at radius 2 is 2.13 bits per heavy atom. The number of rotatable bonds is 5. The van der Waals surface area contributed by atoms with Crippen LogP contribution in [-0.4, -0.2) is 53.1 Å². The second kappa shape index (κ2) is 6.67. The highest BCUT2D eigenvalue weighted by Crippen LogP contribution is 2.38. The SMILES string of the molecule is C#CC1CN=C2N(Cc3cnn(C)c3)C(=O)c3cc(S(=O)(=O)NC4(C)CC4)ccc3N21. The van der Waals surface area contributed by atoms with Crippen molar-refractivity contribution in [2.75, 3.05) is 11.4 Å². The van der Waals surface area contributed by atoms with E-state index >= 15 is 0 Å². The highest BCUT2D eigenvalue weighted by molar-refractivity contribution is 7.89. The lowest BCUT2D eigenvalue weighted by molar-refractivity contribution is 0.0833. The molecule has 5 rings (SSSR count). The van der Waals surface area contributed by atoms with Gasteiger partial charge in [0.2, 0.25) is 16.0 Å². The van der Waals surface area contributed by atoms with Crippen LogP contribution in [0.1, 0.15) is 35.7 Å². The maximum atomic E-state index is 13.5. The van der Waals surface area contributed by atoms with Crippen LogP contribution < -0.4 is 9.62 Å². The Labute approximate surface area is 180 Å². The van der Waals surface area contributed by atoms with E-state index in [0.717, 1.165) is 18.4 Å². The minimum atomic E-state index is -3.75. The van der Waals surface area contributed by atoms with Crippen molar-refractivity contribution in [2.24, 2.45) is 12.0 Å². The lowest BCUT2D eigenvalue weighted by atomic mass is 10.1. The van der Waals surface area contributed by atoms with Crippen molar-refractivity contribution >= 4 is 27.6 Å². The molecule has 1 unspecified atom stereocenters. The number of anilines is 1. The van der Waals surface area contributed by atoms with Crippen LogP contribution >= 0.6 is 0 Å². The number of nitrogens with zero attached hydrogens (tertiary/aromatic N) is 5. The molecule has 0 spiro atoms. The lowest BCUT2D eigenvalue weighted by Crippen LogP contribution is -2.52. The smallest absolute Gasteiger partial charge is 0.263 e. The molecular weight excluding hydrogens is 416 g/mol. The number of aromatic nitrogens is 2. The van der Waals surface area contributed by atoms with Crippen molar-refractivity contribution < 1.29 is 13.2 Å². The van der Waals surface area contributed by atoms with E-state index in [1.807, 2.05) is 18.0 Å². The number of benzene rings is 1. The van der Waals surface area contributed by atoms with Gasteiger partial charge < -0.3 is 0 Å². The number of carbonyl (C=O) groups excluding carboxylic acids is 1. The Hall–Kier alpha value is -3.16. The number of terminal acetylenes is 1. The highest BCUT2D eigenvalue weighted by Gasteiger charge is 2.44. The third kappa shape index (κ3) is 3.30. The third-order valence-electron chi connectivity index (χ3n) is 5.86. The fourth-order valence-corrected chi connectivity index (χ4v) is 5.43. The summed E-state index contributed by atoms with van der Waals surface area (Å²) in [5, 5.41) is 4.16. The van der Waals surface area contributed by atoms with E-state index in [2.05, 4.69) is 20.7 Å². The molecule has 9 nitrogen and oxygen atoms in total. The fraction of sp³-hybridized carbons (Fsp3) is 0.381. The van der Waals surface area contributed by atoms with E-state index in [9.17, 15) is 13.2 Å². The monoisotopic (exact) mass is 438 g/mol. The highest BCUT2D eigenvalue weighted by atomic mass is 32.2. The van der Waals surface area contributed by atoms with Gasteiger partial charge in [0.1, 0.15) is 6.04 Å². The summed E-state index contributed by atoms with van der Waals surface area (Å²) in [7, 11) is -1.95. The lowest BCUT2D eigenvalue weighted by Gasteiger charge is -2.37. The molecule has 1 aromatic carbocycles. The van der Waals surface area contributed by atoms with Gasteiger partial charge in [-0.1, -0.05) is 5.92 Å². The van der Waals surface area contributed by atoms with Crippen molar-refractivity contribution in [3.8, 4) is 12.3 Å². The van der Waals surface area contributed by atoms with Crippen molar-refractivity contribution in [2.45, 2.75) is 42.8 Å². The zero-order valence-corrected chi connectivity index (χ0v) is 18.1. The van der Waals surface area contributed by atoms with Gasteiger partial charge in [0.05, 0.1) is 35.4 Å². The molecule has 160 valence electrons. The summed E-state index contributed by atoms with van der Waals surface area (Å²) in [4.78, 5) is 21.4. The molecular formula is C21H22N6O3S. The predicted octanol–water partition coefficient (Wildman–Crippen LogP) is 1.08. The number of sulfonamides is 1. The van der Waals surface area contributed by atoms with Crippen molar-refractivity contribution in [3.63, 3.8) is 0 Å². The van der Waals surface area contributed by atoms with Gasteiger partial charge in [0, 0.05) is 24.3 Å². The largest absolute Gasteiger partial charge is 0.295 e. The zero-order chi connectivity index (χ0) is 22.0. The minimum absolute atomic E-state index is 0.0610. The van der Waals surface area contributed by atoms with Crippen molar-refractivity contribution in [1.29, 1.82) is 0 Å². The molecule has 2 aromatic rings. The Morgan fingerprint density at radius 1 is 1.35 bits per heavy atom. The zero-order valence-electron chi connectivity index (χ0n) is 17.2. The fourth-order valence-electron chi connectivity index (χ4n) is 3.93. The molecule has 31 heavy (non-hydrogen) atoms. The number of carbonyl (C=O) groups is 1. The Kier molecular flexibility index (Phi) is 4.26. The number of fused-ring (bicyclic) bond motifs is 3. The van der Waals surface area contributed by atoms with E-state index in [1.54, 1.807) is 24.0 Å². The minimum Gasteiger partial charge on any atom is -0.295 e. The normalized spacial score (nSPS) is 21.4. The van der Waals surface area contributed by atoms with Gasteiger partial charge in [0.15, 0.2) is 0 Å². The van der Waals surface area contributed by atoms with Gasteiger partial charge in [-0.25, -0.2) is 18.1 Å². The molecule has 1 fully saturated rings. The first kappa shape index (κ1) is 19.8. The predicted molar refractivity (Wildman–Crippen MR) is 115 cm³/mol.